The van der Waals surface area contributed by atoms with Crippen LogP contribution in [-0.4, -0.2) is 24.8 Å². The second kappa shape index (κ2) is 6.85. The van der Waals surface area contributed by atoms with Gasteiger partial charge in [0.1, 0.15) is 5.69 Å². The number of rotatable bonds is 6. The number of anilines is 1. The molecule has 10 heteroatoms. The fourth-order valence-corrected chi connectivity index (χ4v) is 3.78. The third-order valence-electron chi connectivity index (χ3n) is 3.53. The highest BCUT2D eigenvalue weighted by Gasteiger charge is 2.30. The summed E-state index contributed by atoms with van der Waals surface area (Å²) >= 11 is 0. The van der Waals surface area contributed by atoms with Crippen LogP contribution >= 0.6 is 0 Å². The normalized spacial score (nSPS) is 11.1. The van der Waals surface area contributed by atoms with Crippen LogP contribution in [0.25, 0.3) is 0 Å². The first kappa shape index (κ1) is 18.3. The van der Waals surface area contributed by atoms with Gasteiger partial charge in [0.25, 0.3) is 21.4 Å². The number of nitro benzene ring substituents is 2. The van der Waals surface area contributed by atoms with Crippen LogP contribution < -0.4 is 4.31 Å². The van der Waals surface area contributed by atoms with Gasteiger partial charge in [-0.1, -0.05) is 17.7 Å². The van der Waals surface area contributed by atoms with E-state index in [1.807, 2.05) is 0 Å². The topological polar surface area (TPSA) is 124 Å². The van der Waals surface area contributed by atoms with Crippen molar-refractivity contribution in [2.45, 2.75) is 18.7 Å². The predicted molar refractivity (Wildman–Crippen MR) is 91.1 cm³/mol. The Kier molecular flexibility index (Phi) is 5.02. The Bertz CT molecular complexity index is 925. The first-order valence-electron chi connectivity index (χ1n) is 7.20. The summed E-state index contributed by atoms with van der Waals surface area (Å²) in [6.07, 6.45) is 0. The van der Waals surface area contributed by atoms with Crippen molar-refractivity contribution in [2.75, 3.05) is 10.8 Å². The molecule has 0 aliphatic rings. The van der Waals surface area contributed by atoms with Crippen molar-refractivity contribution >= 4 is 27.1 Å². The van der Waals surface area contributed by atoms with E-state index in [2.05, 4.69) is 0 Å². The largest absolute Gasteiger partial charge is 0.300 e. The Morgan fingerprint density at radius 3 is 2.08 bits per heavy atom. The number of nitrogens with zero attached hydrogens (tertiary/aromatic N) is 3. The summed E-state index contributed by atoms with van der Waals surface area (Å²) in [6, 6.07) is 8.91. The molecule has 25 heavy (non-hydrogen) atoms. The van der Waals surface area contributed by atoms with E-state index in [9.17, 15) is 28.6 Å². The number of nitro groups is 2. The molecule has 2 aromatic carbocycles. The Hall–Kier alpha value is -3.01. The van der Waals surface area contributed by atoms with E-state index >= 15 is 0 Å². The molecule has 0 unspecified atom stereocenters. The second-order valence-electron chi connectivity index (χ2n) is 5.17. The molecule has 0 saturated carbocycles. The standard InChI is InChI=1S/C15H15N3O6S/c1-3-16(25(23,24)13-7-4-11(2)5-8-13)14-9-6-12(17(19)20)10-15(14)18(21)22/h4-10H,3H2,1-2H3. The van der Waals surface area contributed by atoms with Gasteiger partial charge in [-0.2, -0.15) is 0 Å². The van der Waals surface area contributed by atoms with Gasteiger partial charge in [0.05, 0.1) is 20.8 Å². The van der Waals surface area contributed by atoms with Crippen molar-refractivity contribution in [1.29, 1.82) is 0 Å². The number of benzene rings is 2. The van der Waals surface area contributed by atoms with Gasteiger partial charge >= 0.3 is 0 Å². The zero-order valence-electron chi connectivity index (χ0n) is 13.4. The van der Waals surface area contributed by atoms with Crippen molar-refractivity contribution in [1.82, 2.24) is 0 Å². The Balaban J connectivity index is 2.62. The number of sulfonamides is 1. The third kappa shape index (κ3) is 3.58. The van der Waals surface area contributed by atoms with Gasteiger partial charge in [0, 0.05) is 12.6 Å². The van der Waals surface area contributed by atoms with Crippen molar-refractivity contribution in [2.24, 2.45) is 0 Å². The van der Waals surface area contributed by atoms with Crippen molar-refractivity contribution < 1.29 is 18.3 Å². The van der Waals surface area contributed by atoms with E-state index < -0.39 is 31.2 Å². The molecule has 0 fully saturated rings. The van der Waals surface area contributed by atoms with Crippen LogP contribution in [0.1, 0.15) is 12.5 Å². The van der Waals surface area contributed by atoms with Crippen molar-refractivity contribution in [3.63, 3.8) is 0 Å². The van der Waals surface area contributed by atoms with Gasteiger partial charge in [-0.3, -0.25) is 24.5 Å². The Labute approximate surface area is 143 Å². The zero-order valence-corrected chi connectivity index (χ0v) is 14.3. The summed E-state index contributed by atoms with van der Waals surface area (Å²) in [6.45, 7) is 3.25. The molecule has 132 valence electrons. The lowest BCUT2D eigenvalue weighted by atomic mass is 10.2. The van der Waals surface area contributed by atoms with Crippen molar-refractivity contribution in [3.05, 3.63) is 68.3 Å². The maximum atomic E-state index is 12.8. The molecular weight excluding hydrogens is 350 g/mol. The van der Waals surface area contributed by atoms with E-state index in [4.69, 9.17) is 0 Å². The highest BCUT2D eigenvalue weighted by molar-refractivity contribution is 7.92. The molecule has 0 amide bonds. The van der Waals surface area contributed by atoms with Crippen LogP contribution in [-0.2, 0) is 10.0 Å². The number of aryl methyl sites for hydroxylation is 1. The minimum absolute atomic E-state index is 0.0207. The van der Waals surface area contributed by atoms with Gasteiger partial charge in [0.15, 0.2) is 0 Å². The van der Waals surface area contributed by atoms with Crippen molar-refractivity contribution in [3.8, 4) is 0 Å². The summed E-state index contributed by atoms with van der Waals surface area (Å²) in [5, 5.41) is 22.1. The summed E-state index contributed by atoms with van der Waals surface area (Å²) < 4.78 is 26.5. The van der Waals surface area contributed by atoms with Crippen LogP contribution in [0.3, 0.4) is 0 Å². The molecule has 9 nitrogen and oxygen atoms in total. The van der Waals surface area contributed by atoms with Gasteiger partial charge in [0.2, 0.25) is 0 Å². The number of non-ortho nitro benzene ring substituents is 1. The van der Waals surface area contributed by atoms with E-state index in [0.717, 1.165) is 28.1 Å². The monoisotopic (exact) mass is 365 g/mol. The molecule has 0 N–H and O–H groups in total. The fourth-order valence-electron chi connectivity index (χ4n) is 2.29. The second-order valence-corrected chi connectivity index (χ2v) is 7.03. The molecule has 0 bridgehead atoms. The SMILES string of the molecule is CCN(c1ccc([N+](=O)[O-])cc1[N+](=O)[O-])S(=O)(=O)c1ccc(C)cc1. The number of hydrogen-bond donors (Lipinski definition) is 0. The van der Waals surface area contributed by atoms with E-state index in [1.165, 1.54) is 19.1 Å². The minimum Gasteiger partial charge on any atom is -0.260 e. The average molecular weight is 365 g/mol. The maximum Gasteiger partial charge on any atom is 0.300 e. The molecule has 2 rings (SSSR count). The third-order valence-corrected chi connectivity index (χ3v) is 5.43. The van der Waals surface area contributed by atoms with Crippen LogP contribution in [0.2, 0.25) is 0 Å². The lowest BCUT2D eigenvalue weighted by Crippen LogP contribution is -2.31. The summed E-state index contributed by atoms with van der Waals surface area (Å²) in [5.41, 5.74) is -0.493. The summed E-state index contributed by atoms with van der Waals surface area (Å²) in [4.78, 5) is 20.5. The Morgan fingerprint density at radius 1 is 1.00 bits per heavy atom. The van der Waals surface area contributed by atoms with Gasteiger partial charge in [-0.15, -0.1) is 0 Å². The lowest BCUT2D eigenvalue weighted by Gasteiger charge is -2.22. The molecule has 0 radical (unpaired) electrons. The van der Waals surface area contributed by atoms with E-state index in [-0.39, 0.29) is 17.1 Å². The fraction of sp³-hybridized carbons (Fsp3) is 0.200. The number of hydrogen-bond acceptors (Lipinski definition) is 6. The van der Waals surface area contributed by atoms with Gasteiger partial charge in [-0.05, 0) is 32.0 Å². The summed E-state index contributed by atoms with van der Waals surface area (Å²) in [7, 11) is -4.05. The van der Waals surface area contributed by atoms with E-state index in [1.54, 1.807) is 19.1 Å². The highest BCUT2D eigenvalue weighted by Crippen LogP contribution is 2.35. The van der Waals surface area contributed by atoms with Gasteiger partial charge < -0.3 is 0 Å². The molecule has 0 saturated heterocycles. The molecule has 0 spiro atoms. The molecular formula is C15H15N3O6S. The predicted octanol–water partition coefficient (Wildman–Crippen LogP) is 3.03. The van der Waals surface area contributed by atoms with Gasteiger partial charge in [-0.25, -0.2) is 8.42 Å². The van der Waals surface area contributed by atoms with Crippen LogP contribution in [0.15, 0.2) is 47.4 Å². The highest BCUT2D eigenvalue weighted by atomic mass is 32.2. The molecule has 0 aromatic heterocycles. The quantitative estimate of drug-likeness (QED) is 0.572. The maximum absolute atomic E-state index is 12.8. The first-order valence-corrected chi connectivity index (χ1v) is 8.64. The molecule has 2 aromatic rings. The molecule has 0 atom stereocenters. The molecule has 0 aliphatic heterocycles. The lowest BCUT2D eigenvalue weighted by molar-refractivity contribution is -0.393. The zero-order chi connectivity index (χ0) is 18.8. The first-order chi connectivity index (χ1) is 11.7. The Morgan fingerprint density at radius 2 is 1.60 bits per heavy atom. The van der Waals surface area contributed by atoms with Crippen LogP contribution in [0.5, 0.6) is 0 Å². The molecule has 0 heterocycles. The summed E-state index contributed by atoms with van der Waals surface area (Å²) in [5.74, 6) is 0. The average Bonchev–Trinajstić information content (AvgIpc) is 2.55. The van der Waals surface area contributed by atoms with E-state index in [0.29, 0.717) is 0 Å². The smallest absolute Gasteiger partial charge is 0.260 e. The van der Waals surface area contributed by atoms with Crippen LogP contribution in [0, 0.1) is 27.2 Å². The minimum atomic E-state index is -4.05. The van der Waals surface area contributed by atoms with Crippen LogP contribution in [0.4, 0.5) is 17.1 Å². The molecule has 0 aliphatic carbocycles.